The Kier molecular flexibility index (Phi) is 4.72. The van der Waals surface area contributed by atoms with Gasteiger partial charge in [-0.05, 0) is 24.6 Å². The molecule has 0 spiro atoms. The van der Waals surface area contributed by atoms with E-state index in [1.54, 1.807) is 29.8 Å². The van der Waals surface area contributed by atoms with E-state index < -0.39 is 5.91 Å². The van der Waals surface area contributed by atoms with E-state index >= 15 is 0 Å². The van der Waals surface area contributed by atoms with E-state index in [0.29, 0.717) is 12.1 Å². The molecule has 0 saturated carbocycles. The summed E-state index contributed by atoms with van der Waals surface area (Å²) in [6.07, 6.45) is 3.14. The van der Waals surface area contributed by atoms with Crippen LogP contribution in [0, 0.1) is 12.7 Å². The van der Waals surface area contributed by atoms with Gasteiger partial charge in [-0.25, -0.2) is 9.45 Å². The molecule has 0 N–H and O–H groups in total. The van der Waals surface area contributed by atoms with Gasteiger partial charge in [0.15, 0.2) is 5.43 Å². The molecule has 0 radical (unpaired) electrons. The lowest BCUT2D eigenvalue weighted by molar-refractivity contribution is -0.0758. The van der Waals surface area contributed by atoms with Crippen LogP contribution in [0.1, 0.15) is 21.5 Å². The number of carbonyl (C=O) groups is 1. The average Bonchev–Trinajstić information content (AvgIpc) is 2.51. The number of hydrogen-bond donors (Lipinski definition) is 0. The fraction of sp³-hybridized carbons (Fsp3) is 0.250. The van der Waals surface area contributed by atoms with Crippen molar-refractivity contribution in [1.82, 2.24) is 9.63 Å². The van der Waals surface area contributed by atoms with Gasteiger partial charge in [-0.3, -0.25) is 14.4 Å². The molecule has 0 aliphatic rings. The van der Waals surface area contributed by atoms with Gasteiger partial charge in [0, 0.05) is 31.5 Å². The Morgan fingerprint density at radius 3 is 2.50 bits per heavy atom. The number of halogens is 1. The lowest BCUT2D eigenvalue weighted by Crippen LogP contribution is -2.31. The molecule has 0 atom stereocenters. The molecule has 0 aliphatic heterocycles. The highest BCUT2D eigenvalue weighted by atomic mass is 19.1. The summed E-state index contributed by atoms with van der Waals surface area (Å²) in [5, 5.41) is 0.998. The fourth-order valence-corrected chi connectivity index (χ4v) is 2.08. The Hall–Kier alpha value is -2.47. The number of rotatable bonds is 4. The maximum absolute atomic E-state index is 12.9. The van der Waals surface area contributed by atoms with Crippen LogP contribution in [0.4, 0.5) is 4.39 Å². The quantitative estimate of drug-likeness (QED) is 0.812. The van der Waals surface area contributed by atoms with Gasteiger partial charge in [0.2, 0.25) is 0 Å². The molecular formula is C16H17FN2O3. The summed E-state index contributed by atoms with van der Waals surface area (Å²) in [6, 6.07) is 6.06. The van der Waals surface area contributed by atoms with Crippen LogP contribution in [0.5, 0.6) is 0 Å². The van der Waals surface area contributed by atoms with Gasteiger partial charge in [-0.2, -0.15) is 0 Å². The maximum Gasteiger partial charge on any atom is 0.282 e. The van der Waals surface area contributed by atoms with E-state index in [-0.39, 0.29) is 16.8 Å². The number of pyridine rings is 1. The molecule has 1 amide bonds. The van der Waals surface area contributed by atoms with E-state index in [4.69, 9.17) is 4.84 Å². The van der Waals surface area contributed by atoms with Crippen molar-refractivity contribution in [2.24, 2.45) is 0 Å². The minimum atomic E-state index is -0.510. The largest absolute Gasteiger partial charge is 0.349 e. The SMILES string of the molecule is CON(C)C(=O)c1cn(Cc2ccc(F)cc2)cc(C)c1=O. The summed E-state index contributed by atoms with van der Waals surface area (Å²) in [5.74, 6) is -0.818. The third-order valence-electron chi connectivity index (χ3n) is 3.33. The highest BCUT2D eigenvalue weighted by molar-refractivity contribution is 5.93. The zero-order valence-corrected chi connectivity index (χ0v) is 12.7. The summed E-state index contributed by atoms with van der Waals surface area (Å²) >= 11 is 0. The molecule has 1 aromatic carbocycles. The highest BCUT2D eigenvalue weighted by Crippen LogP contribution is 2.07. The van der Waals surface area contributed by atoms with E-state index in [0.717, 1.165) is 10.6 Å². The Labute approximate surface area is 127 Å². The molecule has 6 heteroatoms. The highest BCUT2D eigenvalue weighted by Gasteiger charge is 2.17. The molecule has 0 bridgehead atoms. The molecule has 2 rings (SSSR count). The Morgan fingerprint density at radius 1 is 1.27 bits per heavy atom. The van der Waals surface area contributed by atoms with Crippen LogP contribution >= 0.6 is 0 Å². The summed E-state index contributed by atoms with van der Waals surface area (Å²) in [4.78, 5) is 29.1. The van der Waals surface area contributed by atoms with Crippen molar-refractivity contribution >= 4 is 5.91 Å². The predicted octanol–water partition coefficient (Wildman–Crippen LogP) is 1.98. The molecule has 0 unspecified atom stereocenters. The zero-order valence-electron chi connectivity index (χ0n) is 12.7. The predicted molar refractivity (Wildman–Crippen MR) is 80.0 cm³/mol. The average molecular weight is 304 g/mol. The number of hydroxylamine groups is 2. The minimum Gasteiger partial charge on any atom is -0.349 e. The first kappa shape index (κ1) is 15.9. The number of carbonyl (C=O) groups excluding carboxylic acids is 1. The first-order valence-electron chi connectivity index (χ1n) is 6.69. The van der Waals surface area contributed by atoms with Crippen LogP contribution in [-0.2, 0) is 11.4 Å². The van der Waals surface area contributed by atoms with Crippen LogP contribution < -0.4 is 5.43 Å². The van der Waals surface area contributed by atoms with Gasteiger partial charge in [-0.1, -0.05) is 12.1 Å². The normalized spacial score (nSPS) is 10.5. The third-order valence-corrected chi connectivity index (χ3v) is 3.33. The van der Waals surface area contributed by atoms with Crippen molar-refractivity contribution in [3.05, 3.63) is 69.4 Å². The van der Waals surface area contributed by atoms with Gasteiger partial charge in [0.25, 0.3) is 5.91 Å². The number of aryl methyl sites for hydroxylation is 1. The van der Waals surface area contributed by atoms with Crippen LogP contribution in [0.25, 0.3) is 0 Å². The first-order chi connectivity index (χ1) is 10.4. The molecular weight excluding hydrogens is 287 g/mol. The number of hydrogen-bond acceptors (Lipinski definition) is 3. The first-order valence-corrected chi connectivity index (χ1v) is 6.69. The lowest BCUT2D eigenvalue weighted by atomic mass is 10.1. The van der Waals surface area contributed by atoms with E-state index in [1.807, 2.05) is 0 Å². The summed E-state index contributed by atoms with van der Waals surface area (Å²) in [5.41, 5.74) is 1.02. The second-order valence-corrected chi connectivity index (χ2v) is 4.97. The second kappa shape index (κ2) is 6.53. The van der Waals surface area contributed by atoms with Crippen molar-refractivity contribution in [2.45, 2.75) is 13.5 Å². The Bertz CT molecular complexity index is 738. The lowest BCUT2D eigenvalue weighted by Gasteiger charge is -2.15. The summed E-state index contributed by atoms with van der Waals surface area (Å²) in [7, 11) is 2.79. The smallest absolute Gasteiger partial charge is 0.282 e. The van der Waals surface area contributed by atoms with E-state index in [9.17, 15) is 14.0 Å². The van der Waals surface area contributed by atoms with Crippen LogP contribution in [-0.4, -0.2) is 29.7 Å². The van der Waals surface area contributed by atoms with Crippen LogP contribution in [0.15, 0.2) is 41.5 Å². The topological polar surface area (TPSA) is 51.5 Å². The van der Waals surface area contributed by atoms with Crippen molar-refractivity contribution < 1.29 is 14.0 Å². The Balaban J connectivity index is 2.37. The Morgan fingerprint density at radius 2 is 1.91 bits per heavy atom. The van der Waals surface area contributed by atoms with E-state index in [2.05, 4.69) is 0 Å². The zero-order chi connectivity index (χ0) is 16.3. The van der Waals surface area contributed by atoms with Gasteiger partial charge in [0.1, 0.15) is 11.4 Å². The van der Waals surface area contributed by atoms with Crippen LogP contribution in [0.2, 0.25) is 0 Å². The number of nitrogens with zero attached hydrogens (tertiary/aromatic N) is 2. The number of benzene rings is 1. The van der Waals surface area contributed by atoms with Gasteiger partial charge in [-0.15, -0.1) is 0 Å². The molecule has 5 nitrogen and oxygen atoms in total. The van der Waals surface area contributed by atoms with Gasteiger partial charge < -0.3 is 4.57 Å². The van der Waals surface area contributed by atoms with Crippen molar-refractivity contribution in [1.29, 1.82) is 0 Å². The minimum absolute atomic E-state index is 0.0338. The molecule has 1 heterocycles. The molecule has 116 valence electrons. The number of amides is 1. The molecule has 0 aliphatic carbocycles. The van der Waals surface area contributed by atoms with Crippen molar-refractivity contribution in [2.75, 3.05) is 14.2 Å². The van der Waals surface area contributed by atoms with E-state index in [1.165, 1.54) is 32.5 Å². The monoisotopic (exact) mass is 304 g/mol. The summed E-state index contributed by atoms with van der Waals surface area (Å²) in [6.45, 7) is 2.07. The molecule has 22 heavy (non-hydrogen) atoms. The van der Waals surface area contributed by atoms with Crippen molar-refractivity contribution in [3.8, 4) is 0 Å². The molecule has 0 saturated heterocycles. The number of aromatic nitrogens is 1. The standard InChI is InChI=1S/C16H17FN2O3/c1-11-8-19(9-12-4-6-13(17)7-5-12)10-14(15(11)20)16(21)18(2)22-3/h4-8,10H,9H2,1-3H3. The maximum atomic E-state index is 12.9. The van der Waals surface area contributed by atoms with Crippen molar-refractivity contribution in [3.63, 3.8) is 0 Å². The fourth-order valence-electron chi connectivity index (χ4n) is 2.08. The van der Waals surface area contributed by atoms with Crippen LogP contribution in [0.3, 0.4) is 0 Å². The molecule has 0 fully saturated rings. The molecule has 1 aromatic heterocycles. The van der Waals surface area contributed by atoms with Gasteiger partial charge in [0.05, 0.1) is 7.11 Å². The third kappa shape index (κ3) is 3.40. The van der Waals surface area contributed by atoms with Gasteiger partial charge >= 0.3 is 0 Å². The molecule has 2 aromatic rings. The summed E-state index contributed by atoms with van der Waals surface area (Å²) < 4.78 is 14.7. The second-order valence-electron chi connectivity index (χ2n) is 4.97.